The number of aromatic nitrogens is 4. The van der Waals surface area contributed by atoms with E-state index in [4.69, 9.17) is 9.72 Å². The molecule has 3 heterocycles. The second-order valence-corrected chi connectivity index (χ2v) is 16.8. The minimum absolute atomic E-state index is 0.0114. The minimum Gasteiger partial charge on any atom is -0.457 e. The smallest absolute Gasteiger partial charge is 0.255 e. The zero-order chi connectivity index (χ0) is 39.4. The van der Waals surface area contributed by atoms with Crippen LogP contribution in [0.1, 0.15) is 77.0 Å². The number of rotatable bonds is 8. The summed E-state index contributed by atoms with van der Waals surface area (Å²) in [4.78, 5) is 4.91. The van der Waals surface area contributed by atoms with Gasteiger partial charge in [-0.15, -0.1) is 0 Å². The molecule has 0 spiro atoms. The van der Waals surface area contributed by atoms with E-state index >= 15 is 0 Å². The number of hydrogen-bond donors (Lipinski definition) is 0. The van der Waals surface area contributed by atoms with Crippen molar-refractivity contribution in [3.8, 4) is 39.8 Å². The number of pyridine rings is 1. The second kappa shape index (κ2) is 14.2. The van der Waals surface area contributed by atoms with Crippen molar-refractivity contribution in [1.29, 1.82) is 0 Å². The van der Waals surface area contributed by atoms with E-state index in [0.29, 0.717) is 11.8 Å². The van der Waals surface area contributed by atoms with Crippen LogP contribution in [0.5, 0.6) is 11.5 Å². The Labute approximate surface area is 335 Å². The molecule has 0 unspecified atom stereocenters. The number of ether oxygens (including phenoxy) is 1. The third-order valence-corrected chi connectivity index (χ3v) is 11.2. The average Bonchev–Trinajstić information content (AvgIpc) is 3.77. The average molecular weight is 746 g/mol. The van der Waals surface area contributed by atoms with Crippen LogP contribution in [0.4, 0.5) is 0 Å². The molecule has 0 bridgehead atoms. The number of para-hydroxylation sites is 4. The molecule has 0 atom stereocenters. The molecule has 282 valence electrons. The lowest BCUT2D eigenvalue weighted by atomic mass is 9.85. The number of fused-ring (bicyclic) bond motifs is 4. The Kier molecular flexibility index (Phi) is 9.04. The number of imidazole rings is 1. The molecule has 0 N–H and O–H groups in total. The maximum Gasteiger partial charge on any atom is 0.255 e. The molecule has 5 nitrogen and oxygen atoms in total. The molecule has 0 saturated heterocycles. The van der Waals surface area contributed by atoms with Crippen LogP contribution < -0.4 is 9.30 Å². The molecular formula is C52H49N4O+. The van der Waals surface area contributed by atoms with Gasteiger partial charge in [0.25, 0.3) is 6.33 Å². The van der Waals surface area contributed by atoms with Crippen LogP contribution in [0, 0.1) is 0 Å². The van der Waals surface area contributed by atoms with Crippen LogP contribution in [0.2, 0.25) is 0 Å². The van der Waals surface area contributed by atoms with Gasteiger partial charge in [0.05, 0.1) is 11.0 Å². The molecule has 0 fully saturated rings. The fourth-order valence-electron chi connectivity index (χ4n) is 8.33. The Morgan fingerprint density at radius 3 is 2.02 bits per heavy atom. The Balaban J connectivity index is 1.25. The van der Waals surface area contributed by atoms with Crippen molar-refractivity contribution in [2.24, 2.45) is 0 Å². The van der Waals surface area contributed by atoms with Crippen LogP contribution in [0.15, 0.2) is 158 Å². The zero-order valence-electron chi connectivity index (χ0n) is 33.9. The van der Waals surface area contributed by atoms with Crippen LogP contribution in [-0.2, 0) is 5.41 Å². The lowest BCUT2D eigenvalue weighted by Crippen LogP contribution is -2.28. The first-order chi connectivity index (χ1) is 27.5. The lowest BCUT2D eigenvalue weighted by Gasteiger charge is -2.21. The predicted octanol–water partition coefficient (Wildman–Crippen LogP) is 13.4. The Bertz CT molecular complexity index is 2900. The molecule has 0 aliphatic carbocycles. The fourth-order valence-corrected chi connectivity index (χ4v) is 8.33. The van der Waals surface area contributed by atoms with Crippen molar-refractivity contribution in [3.05, 3.63) is 175 Å². The van der Waals surface area contributed by atoms with Crippen molar-refractivity contribution in [3.63, 3.8) is 0 Å². The summed E-state index contributed by atoms with van der Waals surface area (Å²) in [6, 6.07) is 52.0. The second-order valence-electron chi connectivity index (χ2n) is 16.8. The Morgan fingerprint density at radius 2 is 1.28 bits per heavy atom. The number of hydrogen-bond acceptors (Lipinski definition) is 2. The van der Waals surface area contributed by atoms with Crippen molar-refractivity contribution >= 4 is 32.8 Å². The van der Waals surface area contributed by atoms with Crippen LogP contribution in [-0.4, -0.2) is 14.1 Å². The minimum atomic E-state index is -0.0114. The van der Waals surface area contributed by atoms with E-state index in [1.165, 1.54) is 27.6 Å². The topological polar surface area (TPSA) is 35.9 Å². The highest BCUT2D eigenvalue weighted by atomic mass is 16.5. The summed E-state index contributed by atoms with van der Waals surface area (Å²) in [6.07, 6.45) is 4.13. The number of nitrogens with zero attached hydrogens (tertiary/aromatic N) is 4. The molecule has 5 heteroatoms. The van der Waals surface area contributed by atoms with Gasteiger partial charge in [-0.25, -0.2) is 4.98 Å². The Hall–Kier alpha value is -6.46. The molecule has 3 aromatic heterocycles. The van der Waals surface area contributed by atoms with E-state index < -0.39 is 0 Å². The normalized spacial score (nSPS) is 12.1. The summed E-state index contributed by atoms with van der Waals surface area (Å²) in [5.41, 5.74) is 12.9. The first-order valence-electron chi connectivity index (χ1n) is 20.1. The van der Waals surface area contributed by atoms with Crippen molar-refractivity contribution in [1.82, 2.24) is 14.1 Å². The van der Waals surface area contributed by atoms with E-state index in [1.807, 2.05) is 6.20 Å². The van der Waals surface area contributed by atoms with Gasteiger partial charge < -0.3 is 4.74 Å². The van der Waals surface area contributed by atoms with E-state index in [-0.39, 0.29) is 5.41 Å². The van der Waals surface area contributed by atoms with E-state index in [0.717, 1.165) is 61.7 Å². The molecule has 6 aromatic carbocycles. The third-order valence-electron chi connectivity index (χ3n) is 11.2. The molecular weight excluding hydrogens is 697 g/mol. The quantitative estimate of drug-likeness (QED) is 0.145. The van der Waals surface area contributed by atoms with Crippen molar-refractivity contribution < 1.29 is 9.30 Å². The van der Waals surface area contributed by atoms with Gasteiger partial charge in [-0.1, -0.05) is 115 Å². The molecule has 0 radical (unpaired) electrons. The maximum atomic E-state index is 7.03. The highest BCUT2D eigenvalue weighted by Crippen LogP contribution is 2.41. The summed E-state index contributed by atoms with van der Waals surface area (Å²) in [7, 11) is 0. The molecule has 9 aromatic rings. The van der Waals surface area contributed by atoms with Gasteiger partial charge in [-0.05, 0) is 112 Å². The third kappa shape index (κ3) is 6.57. The first-order valence-corrected chi connectivity index (χ1v) is 20.1. The van der Waals surface area contributed by atoms with Gasteiger partial charge in [0.15, 0.2) is 11.0 Å². The summed E-state index contributed by atoms with van der Waals surface area (Å²) in [5, 5.41) is 2.34. The Morgan fingerprint density at radius 1 is 0.596 bits per heavy atom. The van der Waals surface area contributed by atoms with Crippen molar-refractivity contribution in [2.45, 2.75) is 65.7 Å². The highest BCUT2D eigenvalue weighted by molar-refractivity contribution is 6.09. The monoisotopic (exact) mass is 745 g/mol. The fraction of sp³-hybridized carbons (Fsp3) is 0.192. The van der Waals surface area contributed by atoms with Gasteiger partial charge in [-0.3, -0.25) is 4.57 Å². The maximum absolute atomic E-state index is 7.03. The van der Waals surface area contributed by atoms with Crippen LogP contribution >= 0.6 is 0 Å². The van der Waals surface area contributed by atoms with Crippen molar-refractivity contribution in [2.75, 3.05) is 0 Å². The SMILES string of the molecule is CC(C)c1cccc(C(C)C)c1-c1cc(Oc2ccc3c4ccccc4n(-c4cc(C(C)(C)C)ccn4)c3c2)cc(-n2c[n+](-c3ccccc3)c3ccccc32)c1. The summed E-state index contributed by atoms with van der Waals surface area (Å²) >= 11 is 0. The highest BCUT2D eigenvalue weighted by Gasteiger charge is 2.23. The molecule has 0 aliphatic rings. The number of benzene rings is 6. The lowest BCUT2D eigenvalue weighted by molar-refractivity contribution is -0.567. The molecule has 57 heavy (non-hydrogen) atoms. The molecule has 9 rings (SSSR count). The molecule has 0 aliphatic heterocycles. The first kappa shape index (κ1) is 36.2. The van der Waals surface area contributed by atoms with Gasteiger partial charge in [0.1, 0.15) is 28.7 Å². The largest absolute Gasteiger partial charge is 0.457 e. The van der Waals surface area contributed by atoms with Gasteiger partial charge >= 0.3 is 0 Å². The van der Waals surface area contributed by atoms with Gasteiger partial charge in [0, 0.05) is 29.1 Å². The molecule has 0 saturated carbocycles. The van der Waals surface area contributed by atoms with E-state index in [1.54, 1.807) is 0 Å². The summed E-state index contributed by atoms with van der Waals surface area (Å²) in [5.74, 6) is 3.12. The van der Waals surface area contributed by atoms with Gasteiger partial charge in [-0.2, -0.15) is 9.13 Å². The van der Waals surface area contributed by atoms with E-state index in [2.05, 4.69) is 214 Å². The predicted molar refractivity (Wildman–Crippen MR) is 236 cm³/mol. The van der Waals surface area contributed by atoms with Gasteiger partial charge in [0.2, 0.25) is 0 Å². The van der Waals surface area contributed by atoms with Crippen LogP contribution in [0.3, 0.4) is 0 Å². The van der Waals surface area contributed by atoms with Crippen LogP contribution in [0.25, 0.3) is 61.2 Å². The van der Waals surface area contributed by atoms with E-state index in [9.17, 15) is 0 Å². The summed E-state index contributed by atoms with van der Waals surface area (Å²) in [6.45, 7) is 15.9. The zero-order valence-corrected chi connectivity index (χ0v) is 33.9. The summed E-state index contributed by atoms with van der Waals surface area (Å²) < 4.78 is 13.9. The standard InChI is InChI=1S/C52H49N4O/c1-34(2)42-19-15-20-43(35(3)4)51(42)36-28-39(55-33-54(38-16-9-8-10-17-38)47-22-13-14-23-48(47)55)31-41(29-36)57-40-24-25-45-44-18-11-12-21-46(44)56(49(45)32-40)50-30-37(26-27-53-50)52(5,6)7/h8-35H,1-7H3/q+1. The molecule has 0 amide bonds.